The van der Waals surface area contributed by atoms with Crippen LogP contribution in [0, 0.1) is 0 Å². The van der Waals surface area contributed by atoms with Crippen molar-refractivity contribution in [2.24, 2.45) is 0 Å². The summed E-state index contributed by atoms with van der Waals surface area (Å²) in [6, 6.07) is 68.6. The van der Waals surface area contributed by atoms with Crippen LogP contribution in [0.5, 0.6) is 0 Å². The smallest absolute Gasteiger partial charge is 0.164 e. The van der Waals surface area contributed by atoms with E-state index in [2.05, 4.69) is 216 Å². The number of benzene rings is 8. The molecule has 8 aromatic carbocycles. The molecule has 1 aromatic heterocycles. The van der Waals surface area contributed by atoms with Gasteiger partial charge in [0.25, 0.3) is 0 Å². The Morgan fingerprint density at radius 3 is 1.41 bits per heavy atom. The van der Waals surface area contributed by atoms with Crippen molar-refractivity contribution in [3.05, 3.63) is 233 Å². The van der Waals surface area contributed by atoms with Gasteiger partial charge in [-0.1, -0.05) is 210 Å². The van der Waals surface area contributed by atoms with Gasteiger partial charge in [-0.15, -0.1) is 0 Å². The molecule has 12 rings (SSSR count). The molecule has 3 heteroatoms. The van der Waals surface area contributed by atoms with E-state index in [-0.39, 0.29) is 10.8 Å². The zero-order valence-corrected chi connectivity index (χ0v) is 34.7. The Morgan fingerprint density at radius 2 is 0.721 bits per heavy atom. The second-order valence-corrected chi connectivity index (χ2v) is 17.9. The van der Waals surface area contributed by atoms with E-state index < -0.39 is 5.41 Å². The first-order chi connectivity index (χ1) is 29.8. The van der Waals surface area contributed by atoms with Crippen LogP contribution in [0.25, 0.3) is 67.5 Å². The number of fused-ring (bicyclic) bond motifs is 12. The summed E-state index contributed by atoms with van der Waals surface area (Å²) >= 11 is 0. The molecule has 61 heavy (non-hydrogen) atoms. The quantitative estimate of drug-likeness (QED) is 0.178. The fourth-order valence-corrected chi connectivity index (χ4v) is 11.1. The number of aromatic nitrogens is 3. The van der Waals surface area contributed by atoms with Gasteiger partial charge in [0.15, 0.2) is 17.5 Å². The summed E-state index contributed by atoms with van der Waals surface area (Å²) in [5.74, 6) is 1.98. The lowest BCUT2D eigenvalue weighted by molar-refractivity contribution is 0.563. The average Bonchev–Trinajstić information content (AvgIpc) is 3.74. The lowest BCUT2D eigenvalue weighted by Crippen LogP contribution is -2.40. The third-order valence-corrected chi connectivity index (χ3v) is 14.0. The lowest BCUT2D eigenvalue weighted by atomic mass is 9.55. The molecular weight excluding hydrogens is 739 g/mol. The fraction of sp³-hybridized carbons (Fsp3) is 0.121. The van der Waals surface area contributed by atoms with E-state index in [1.165, 1.54) is 72.3 Å². The number of hydrogen-bond acceptors (Lipinski definition) is 3. The lowest BCUT2D eigenvalue weighted by Gasteiger charge is -2.46. The Hall–Kier alpha value is -7.23. The van der Waals surface area contributed by atoms with Crippen molar-refractivity contribution in [3.63, 3.8) is 0 Å². The van der Waals surface area contributed by atoms with Crippen LogP contribution >= 0.6 is 0 Å². The van der Waals surface area contributed by atoms with Gasteiger partial charge < -0.3 is 0 Å². The summed E-state index contributed by atoms with van der Waals surface area (Å²) in [6.07, 6.45) is 0. The number of nitrogens with zero attached hydrogens (tertiary/aromatic N) is 3. The molecule has 0 bridgehead atoms. The van der Waals surface area contributed by atoms with Crippen LogP contribution in [0.15, 0.2) is 188 Å². The highest BCUT2D eigenvalue weighted by molar-refractivity contribution is 5.96. The normalized spacial score (nSPS) is 15.3. The molecule has 1 spiro atoms. The molecule has 3 nitrogen and oxygen atoms in total. The van der Waals surface area contributed by atoms with Gasteiger partial charge >= 0.3 is 0 Å². The van der Waals surface area contributed by atoms with Crippen LogP contribution in [0.4, 0.5) is 0 Å². The molecule has 0 saturated carbocycles. The maximum Gasteiger partial charge on any atom is 0.164 e. The zero-order chi connectivity index (χ0) is 41.1. The summed E-state index contributed by atoms with van der Waals surface area (Å²) in [4.78, 5) is 16.2. The predicted octanol–water partition coefficient (Wildman–Crippen LogP) is 13.8. The van der Waals surface area contributed by atoms with Crippen LogP contribution in [0.3, 0.4) is 0 Å². The molecule has 0 unspecified atom stereocenters. The summed E-state index contributed by atoms with van der Waals surface area (Å²) in [6.45, 7) is 9.38. The second-order valence-electron chi connectivity index (χ2n) is 17.9. The van der Waals surface area contributed by atoms with Crippen LogP contribution in [0.1, 0.15) is 72.2 Å². The minimum atomic E-state index is -0.517. The first kappa shape index (κ1) is 35.7. The fourth-order valence-electron chi connectivity index (χ4n) is 11.1. The predicted molar refractivity (Wildman–Crippen MR) is 249 cm³/mol. The average molecular weight is 782 g/mol. The SMILES string of the molecule is CC1(C)c2ccccc2-c2ccc(-c3nc(-c4ccc(-c5ccccc5)cc4)nc(-c4cccc5c4-c4ccccc4C54c5ccccc5C(C)(C)c5ccccc54)n3)cc21. The van der Waals surface area contributed by atoms with Crippen LogP contribution in [0.2, 0.25) is 0 Å². The standard InChI is InChI=1S/C58H43N3/c1-56(2)44-22-10-8-19-40(44)41-34-33-39(35-51(41)56)54-59-53(38-31-29-37(30-32-38)36-17-6-5-7-18-36)60-55(61-54)43-21-16-28-50-52(43)42-20-9-11-23-45(42)58(50)48-26-14-12-24-46(48)57(3,4)47-25-13-15-27-49(47)58/h5-35H,1-4H3. The molecule has 0 atom stereocenters. The first-order valence-corrected chi connectivity index (χ1v) is 21.4. The Bertz CT molecular complexity index is 3200. The van der Waals surface area contributed by atoms with Crippen molar-refractivity contribution < 1.29 is 0 Å². The Morgan fingerprint density at radius 1 is 0.279 bits per heavy atom. The van der Waals surface area contributed by atoms with Gasteiger partial charge in [-0.2, -0.15) is 0 Å². The number of rotatable bonds is 4. The molecule has 0 N–H and O–H groups in total. The Labute approximate surface area is 357 Å². The van der Waals surface area contributed by atoms with Gasteiger partial charge in [0, 0.05) is 27.5 Å². The van der Waals surface area contributed by atoms with Crippen molar-refractivity contribution in [2.45, 2.75) is 43.9 Å². The van der Waals surface area contributed by atoms with Gasteiger partial charge in [-0.05, 0) is 84.0 Å². The summed E-state index contributed by atoms with van der Waals surface area (Å²) in [7, 11) is 0. The van der Waals surface area contributed by atoms with Crippen LogP contribution in [-0.2, 0) is 16.2 Å². The minimum absolute atomic E-state index is 0.159. The molecule has 0 saturated heterocycles. The van der Waals surface area contributed by atoms with E-state index in [0.29, 0.717) is 17.5 Å². The van der Waals surface area contributed by atoms with E-state index in [0.717, 1.165) is 22.3 Å². The summed E-state index contributed by atoms with van der Waals surface area (Å²) in [5, 5.41) is 0. The van der Waals surface area contributed by atoms with Crippen molar-refractivity contribution in [3.8, 4) is 67.5 Å². The molecule has 9 aromatic rings. The second kappa shape index (κ2) is 12.9. The molecule has 1 heterocycles. The van der Waals surface area contributed by atoms with Crippen molar-refractivity contribution in [2.75, 3.05) is 0 Å². The minimum Gasteiger partial charge on any atom is -0.208 e. The van der Waals surface area contributed by atoms with E-state index in [1.807, 2.05) is 0 Å². The molecule has 3 aliphatic carbocycles. The maximum atomic E-state index is 5.46. The Kier molecular flexibility index (Phi) is 7.54. The molecule has 0 aliphatic heterocycles. The van der Waals surface area contributed by atoms with Crippen molar-refractivity contribution in [1.82, 2.24) is 15.0 Å². The first-order valence-electron chi connectivity index (χ1n) is 21.4. The topological polar surface area (TPSA) is 38.7 Å². The van der Waals surface area contributed by atoms with Crippen LogP contribution in [-0.4, -0.2) is 15.0 Å². The highest BCUT2D eigenvalue weighted by atomic mass is 15.0. The van der Waals surface area contributed by atoms with Crippen molar-refractivity contribution in [1.29, 1.82) is 0 Å². The molecule has 0 radical (unpaired) electrons. The molecule has 290 valence electrons. The van der Waals surface area contributed by atoms with Crippen molar-refractivity contribution >= 4 is 0 Å². The molecule has 3 aliphatic rings. The van der Waals surface area contributed by atoms with E-state index >= 15 is 0 Å². The Balaban J connectivity index is 1.10. The molecular formula is C58H43N3. The van der Waals surface area contributed by atoms with Gasteiger partial charge in [0.05, 0.1) is 5.41 Å². The van der Waals surface area contributed by atoms with Gasteiger partial charge in [-0.25, -0.2) is 15.0 Å². The van der Waals surface area contributed by atoms with Crippen LogP contribution < -0.4 is 0 Å². The van der Waals surface area contributed by atoms with Gasteiger partial charge in [0.1, 0.15) is 0 Å². The highest BCUT2D eigenvalue weighted by Gasteiger charge is 2.53. The monoisotopic (exact) mass is 781 g/mol. The van der Waals surface area contributed by atoms with E-state index in [4.69, 9.17) is 15.0 Å². The third-order valence-electron chi connectivity index (χ3n) is 14.0. The maximum absolute atomic E-state index is 5.46. The van der Waals surface area contributed by atoms with Gasteiger partial charge in [-0.3, -0.25) is 0 Å². The van der Waals surface area contributed by atoms with E-state index in [1.54, 1.807) is 0 Å². The van der Waals surface area contributed by atoms with E-state index in [9.17, 15) is 0 Å². The largest absolute Gasteiger partial charge is 0.208 e. The molecule has 0 fully saturated rings. The van der Waals surface area contributed by atoms with Gasteiger partial charge in [0.2, 0.25) is 0 Å². The summed E-state index contributed by atoms with van der Waals surface area (Å²) in [5.41, 5.74) is 19.9. The third kappa shape index (κ3) is 4.95. The molecule has 0 amide bonds. The highest BCUT2D eigenvalue weighted by Crippen LogP contribution is 2.63. The summed E-state index contributed by atoms with van der Waals surface area (Å²) < 4.78 is 0. The zero-order valence-electron chi connectivity index (χ0n) is 34.7. The number of hydrogen-bond donors (Lipinski definition) is 0.